The van der Waals surface area contributed by atoms with Crippen LogP contribution in [0.5, 0.6) is 0 Å². The molecule has 0 atom stereocenters. The molecular formula is C13H19N3O3. The third kappa shape index (κ3) is 5.05. The lowest BCUT2D eigenvalue weighted by Crippen LogP contribution is -2.33. The van der Waals surface area contributed by atoms with Crippen LogP contribution in [0.4, 0.5) is 11.4 Å². The summed E-state index contributed by atoms with van der Waals surface area (Å²) in [4.78, 5) is 22.0. The number of benzene rings is 1. The molecule has 0 radical (unpaired) electrons. The van der Waals surface area contributed by atoms with Crippen molar-refractivity contribution in [3.8, 4) is 0 Å². The summed E-state index contributed by atoms with van der Waals surface area (Å²) in [5.41, 5.74) is 6.60. The second-order valence-corrected chi connectivity index (χ2v) is 5.29. The van der Waals surface area contributed by atoms with E-state index in [2.05, 4.69) is 5.32 Å². The predicted octanol–water partition coefficient (Wildman–Crippen LogP) is 2.36. The Morgan fingerprint density at radius 1 is 1.47 bits per heavy atom. The lowest BCUT2D eigenvalue weighted by Gasteiger charge is -2.17. The fraction of sp³-hybridized carbons (Fsp3) is 0.462. The molecule has 0 saturated carbocycles. The number of nitrogens with one attached hydrogen (secondary N) is 1. The van der Waals surface area contributed by atoms with Gasteiger partial charge in [0.25, 0.3) is 5.69 Å². The number of nitrogens with zero attached hydrogens (tertiary/aromatic N) is 1. The number of nitro groups is 1. The summed E-state index contributed by atoms with van der Waals surface area (Å²) in [5.74, 6) is -0.192. The maximum Gasteiger partial charge on any atom is 0.271 e. The zero-order valence-electron chi connectivity index (χ0n) is 11.4. The van der Waals surface area contributed by atoms with E-state index in [-0.39, 0.29) is 18.0 Å². The third-order valence-electron chi connectivity index (χ3n) is 2.70. The molecule has 0 saturated heterocycles. The minimum Gasteiger partial charge on any atom is -0.326 e. The molecule has 1 amide bonds. The quantitative estimate of drug-likeness (QED) is 0.630. The van der Waals surface area contributed by atoms with Crippen molar-refractivity contribution in [1.82, 2.24) is 0 Å². The van der Waals surface area contributed by atoms with Gasteiger partial charge in [-0.2, -0.15) is 0 Å². The lowest BCUT2D eigenvalue weighted by atomic mass is 10.00. The molecule has 0 aromatic heterocycles. The zero-order valence-corrected chi connectivity index (χ0v) is 11.4. The molecule has 19 heavy (non-hydrogen) atoms. The van der Waals surface area contributed by atoms with Crippen molar-refractivity contribution in [2.24, 2.45) is 5.73 Å². The van der Waals surface area contributed by atoms with Gasteiger partial charge in [-0.15, -0.1) is 0 Å². The Labute approximate surface area is 112 Å². The molecule has 1 rings (SSSR count). The fourth-order valence-corrected chi connectivity index (χ4v) is 1.51. The molecule has 1 aromatic carbocycles. The van der Waals surface area contributed by atoms with Gasteiger partial charge < -0.3 is 11.1 Å². The van der Waals surface area contributed by atoms with Crippen LogP contribution >= 0.6 is 0 Å². The number of amides is 1. The van der Waals surface area contributed by atoms with Crippen LogP contribution in [0.2, 0.25) is 0 Å². The van der Waals surface area contributed by atoms with E-state index in [0.717, 1.165) is 5.56 Å². The Bertz CT molecular complexity index is 492. The minimum absolute atomic E-state index is 0.0416. The number of hydrogen-bond acceptors (Lipinski definition) is 4. The van der Waals surface area contributed by atoms with Crippen LogP contribution in [0.15, 0.2) is 18.2 Å². The van der Waals surface area contributed by atoms with Crippen molar-refractivity contribution in [2.75, 3.05) is 5.32 Å². The van der Waals surface area contributed by atoms with Gasteiger partial charge in [-0.1, -0.05) is 6.07 Å². The van der Waals surface area contributed by atoms with Crippen LogP contribution < -0.4 is 11.1 Å². The van der Waals surface area contributed by atoms with E-state index in [4.69, 9.17) is 5.73 Å². The second-order valence-electron chi connectivity index (χ2n) is 5.29. The number of carbonyl (C=O) groups excluding carboxylic acids is 1. The Balaban J connectivity index is 2.73. The molecule has 0 unspecified atom stereocenters. The monoisotopic (exact) mass is 265 g/mol. The number of aryl methyl sites for hydroxylation is 1. The minimum atomic E-state index is -0.488. The maximum atomic E-state index is 11.8. The van der Waals surface area contributed by atoms with E-state index in [1.54, 1.807) is 13.0 Å². The molecule has 3 N–H and O–H groups in total. The van der Waals surface area contributed by atoms with E-state index < -0.39 is 10.5 Å². The largest absolute Gasteiger partial charge is 0.326 e. The molecule has 6 heteroatoms. The summed E-state index contributed by atoms with van der Waals surface area (Å²) in [6.45, 7) is 5.48. The van der Waals surface area contributed by atoms with E-state index in [1.165, 1.54) is 12.1 Å². The van der Waals surface area contributed by atoms with E-state index >= 15 is 0 Å². The molecule has 0 aliphatic heterocycles. The average molecular weight is 265 g/mol. The Kier molecular flexibility index (Phi) is 4.61. The van der Waals surface area contributed by atoms with Gasteiger partial charge in [0.05, 0.1) is 10.6 Å². The highest BCUT2D eigenvalue weighted by Crippen LogP contribution is 2.22. The van der Waals surface area contributed by atoms with Crippen molar-refractivity contribution in [2.45, 2.75) is 39.2 Å². The first-order valence-corrected chi connectivity index (χ1v) is 6.03. The first-order valence-electron chi connectivity index (χ1n) is 6.03. The number of rotatable bonds is 5. The number of hydrogen-bond donors (Lipinski definition) is 2. The molecule has 0 bridgehead atoms. The predicted molar refractivity (Wildman–Crippen MR) is 74.0 cm³/mol. The molecule has 0 aliphatic carbocycles. The molecule has 104 valence electrons. The Hall–Kier alpha value is -1.95. The smallest absolute Gasteiger partial charge is 0.271 e. The highest BCUT2D eigenvalue weighted by atomic mass is 16.6. The van der Waals surface area contributed by atoms with Crippen molar-refractivity contribution >= 4 is 17.3 Å². The topological polar surface area (TPSA) is 98.3 Å². The highest BCUT2D eigenvalue weighted by molar-refractivity contribution is 5.91. The molecule has 6 nitrogen and oxygen atoms in total. The number of nitrogens with two attached hydrogens (primary N) is 1. The highest BCUT2D eigenvalue weighted by Gasteiger charge is 2.15. The standard InChI is InChI=1S/C13H19N3O3/c1-9-4-5-10(16(18)19)8-11(9)15-12(17)6-7-13(2,3)14/h4-5,8H,6-7,14H2,1-3H3,(H,15,17). The Morgan fingerprint density at radius 3 is 2.63 bits per heavy atom. The van der Waals surface area contributed by atoms with Gasteiger partial charge in [0.2, 0.25) is 5.91 Å². The molecular weight excluding hydrogens is 246 g/mol. The van der Waals surface area contributed by atoms with Crippen molar-refractivity contribution in [1.29, 1.82) is 0 Å². The van der Waals surface area contributed by atoms with Crippen molar-refractivity contribution < 1.29 is 9.72 Å². The van der Waals surface area contributed by atoms with E-state index in [9.17, 15) is 14.9 Å². The molecule has 0 fully saturated rings. The van der Waals surface area contributed by atoms with E-state index in [1.807, 2.05) is 13.8 Å². The summed E-state index contributed by atoms with van der Waals surface area (Å²) in [6.07, 6.45) is 0.832. The molecule has 0 aliphatic rings. The van der Waals surface area contributed by atoms with Crippen molar-refractivity contribution in [3.05, 3.63) is 33.9 Å². The van der Waals surface area contributed by atoms with Crippen LogP contribution in [-0.2, 0) is 4.79 Å². The van der Waals surface area contributed by atoms with Crippen LogP contribution in [0.3, 0.4) is 0 Å². The van der Waals surface area contributed by atoms with Gasteiger partial charge >= 0.3 is 0 Å². The van der Waals surface area contributed by atoms with Gasteiger partial charge in [-0.25, -0.2) is 0 Å². The van der Waals surface area contributed by atoms with Gasteiger partial charge in [0, 0.05) is 24.1 Å². The molecule has 1 aromatic rings. The van der Waals surface area contributed by atoms with Crippen LogP contribution in [0.25, 0.3) is 0 Å². The van der Waals surface area contributed by atoms with Gasteiger partial charge in [-0.3, -0.25) is 14.9 Å². The zero-order chi connectivity index (χ0) is 14.6. The van der Waals surface area contributed by atoms with Gasteiger partial charge in [-0.05, 0) is 32.8 Å². The average Bonchev–Trinajstić information content (AvgIpc) is 2.28. The van der Waals surface area contributed by atoms with Gasteiger partial charge in [0.15, 0.2) is 0 Å². The summed E-state index contributed by atoms with van der Waals surface area (Å²) in [6, 6.07) is 4.38. The normalized spacial score (nSPS) is 11.2. The number of non-ortho nitro benzene ring substituents is 1. The first-order chi connectivity index (χ1) is 8.69. The van der Waals surface area contributed by atoms with Crippen LogP contribution in [0.1, 0.15) is 32.3 Å². The van der Waals surface area contributed by atoms with Gasteiger partial charge in [0.1, 0.15) is 0 Å². The lowest BCUT2D eigenvalue weighted by molar-refractivity contribution is -0.384. The van der Waals surface area contributed by atoms with Crippen LogP contribution in [0, 0.1) is 17.0 Å². The third-order valence-corrected chi connectivity index (χ3v) is 2.70. The Morgan fingerprint density at radius 2 is 2.11 bits per heavy atom. The number of nitro benzene ring substituents is 1. The second kappa shape index (κ2) is 5.79. The first kappa shape index (κ1) is 15.1. The number of anilines is 1. The fourth-order valence-electron chi connectivity index (χ4n) is 1.51. The van der Waals surface area contributed by atoms with E-state index in [0.29, 0.717) is 12.1 Å². The van der Waals surface area contributed by atoms with Crippen LogP contribution in [-0.4, -0.2) is 16.4 Å². The molecule has 0 spiro atoms. The summed E-state index contributed by atoms with van der Waals surface area (Å²) < 4.78 is 0. The number of carbonyl (C=O) groups is 1. The summed E-state index contributed by atoms with van der Waals surface area (Å²) in [7, 11) is 0. The maximum absolute atomic E-state index is 11.8. The SMILES string of the molecule is Cc1ccc([N+](=O)[O-])cc1NC(=O)CCC(C)(C)N. The van der Waals surface area contributed by atoms with Crippen molar-refractivity contribution in [3.63, 3.8) is 0 Å². The molecule has 0 heterocycles. The summed E-state index contributed by atoms with van der Waals surface area (Å²) >= 11 is 0. The summed E-state index contributed by atoms with van der Waals surface area (Å²) in [5, 5.41) is 13.4.